The molecule has 142 valence electrons. The Morgan fingerprint density at radius 3 is 2.93 bits per heavy atom. The van der Waals surface area contributed by atoms with Crippen LogP contribution in [0.5, 0.6) is 0 Å². The summed E-state index contributed by atoms with van der Waals surface area (Å²) in [5.74, 6) is -0.129. The molecule has 1 unspecified atom stereocenters. The van der Waals surface area contributed by atoms with E-state index in [1.54, 1.807) is 6.08 Å². The number of nitrogens with one attached hydrogen (secondary N) is 1. The van der Waals surface area contributed by atoms with E-state index < -0.39 is 0 Å². The number of amides is 1. The monoisotopic (exact) mass is 384 g/mol. The van der Waals surface area contributed by atoms with Crippen LogP contribution in [0.15, 0.2) is 47.8 Å². The summed E-state index contributed by atoms with van der Waals surface area (Å²) in [5.41, 5.74) is 3.17. The maximum absolute atomic E-state index is 14.7. The van der Waals surface area contributed by atoms with Gasteiger partial charge in [0.25, 0.3) is 0 Å². The topological polar surface area (TPSA) is 42.0 Å². The van der Waals surface area contributed by atoms with Crippen molar-refractivity contribution in [3.05, 3.63) is 53.4 Å². The second-order valence-electron chi connectivity index (χ2n) is 7.00. The van der Waals surface area contributed by atoms with Crippen molar-refractivity contribution in [1.82, 2.24) is 4.98 Å². The number of hydrogen-bond donors (Lipinski definition) is 1. The lowest BCUT2D eigenvalue weighted by molar-refractivity contribution is -0.116. The first-order chi connectivity index (χ1) is 13.0. The lowest BCUT2D eigenvalue weighted by Gasteiger charge is -2.08. The molecular formula is C22H25FN2OS. The molecule has 1 aromatic heterocycles. The van der Waals surface area contributed by atoms with Gasteiger partial charge in [-0.25, -0.2) is 9.37 Å². The molecule has 0 spiro atoms. The number of allylic oxidation sites excluding steroid dienone is 6. The van der Waals surface area contributed by atoms with Crippen LogP contribution in [0.4, 0.5) is 9.52 Å². The zero-order valence-electron chi connectivity index (χ0n) is 16.0. The summed E-state index contributed by atoms with van der Waals surface area (Å²) < 4.78 is 15.6. The van der Waals surface area contributed by atoms with Crippen molar-refractivity contribution in [2.45, 2.75) is 46.5 Å². The largest absolute Gasteiger partial charge is 0.302 e. The van der Waals surface area contributed by atoms with Crippen molar-refractivity contribution < 1.29 is 9.18 Å². The smallest absolute Gasteiger partial charge is 0.226 e. The van der Waals surface area contributed by atoms with Gasteiger partial charge in [-0.15, -0.1) is 0 Å². The molecule has 0 radical (unpaired) electrons. The van der Waals surface area contributed by atoms with Gasteiger partial charge in [0.2, 0.25) is 5.91 Å². The van der Waals surface area contributed by atoms with E-state index in [0.29, 0.717) is 17.1 Å². The van der Waals surface area contributed by atoms with Crippen LogP contribution in [0, 0.1) is 5.92 Å². The molecule has 1 heterocycles. The molecule has 0 saturated carbocycles. The third-order valence-electron chi connectivity index (χ3n) is 4.62. The molecule has 2 aromatic rings. The molecule has 0 aliphatic heterocycles. The molecule has 1 aliphatic carbocycles. The van der Waals surface area contributed by atoms with Crippen molar-refractivity contribution in [2.75, 3.05) is 5.32 Å². The number of halogens is 1. The maximum atomic E-state index is 14.7. The molecule has 3 rings (SSSR count). The number of aromatic nitrogens is 1. The summed E-state index contributed by atoms with van der Waals surface area (Å²) in [7, 11) is 0. The molecule has 0 bridgehead atoms. The Hall–Kier alpha value is -2.27. The lowest BCUT2D eigenvalue weighted by atomic mass is 9.99. The highest BCUT2D eigenvalue weighted by Gasteiger charge is 2.16. The van der Waals surface area contributed by atoms with Crippen LogP contribution in [0.3, 0.4) is 0 Å². The number of carbonyl (C=O) groups excluding carboxylic acids is 1. The van der Waals surface area contributed by atoms with Gasteiger partial charge in [0, 0.05) is 12.0 Å². The van der Waals surface area contributed by atoms with Gasteiger partial charge in [0.15, 0.2) is 5.13 Å². The number of carbonyl (C=O) groups is 1. The fourth-order valence-electron chi connectivity index (χ4n) is 3.15. The summed E-state index contributed by atoms with van der Waals surface area (Å²) in [6, 6.07) is 5.74. The second kappa shape index (κ2) is 8.61. The first-order valence-corrected chi connectivity index (χ1v) is 10.3. The van der Waals surface area contributed by atoms with Gasteiger partial charge in [-0.3, -0.25) is 4.79 Å². The minimum Gasteiger partial charge on any atom is -0.302 e. The van der Waals surface area contributed by atoms with Crippen LogP contribution in [0.2, 0.25) is 0 Å². The molecule has 0 saturated heterocycles. The SMILES string of the molecule is CCCCCC(=O)Nc1nc2ccc(C3=C(C)C=CC(C)C=C3F)cc2s1. The zero-order chi connectivity index (χ0) is 19.4. The summed E-state index contributed by atoms with van der Waals surface area (Å²) in [5, 5.41) is 3.48. The first-order valence-electron chi connectivity index (χ1n) is 9.45. The minimum atomic E-state index is -0.196. The zero-order valence-corrected chi connectivity index (χ0v) is 16.8. The molecule has 3 nitrogen and oxygen atoms in total. The van der Waals surface area contributed by atoms with Gasteiger partial charge in [0.05, 0.1) is 10.2 Å². The van der Waals surface area contributed by atoms with Crippen LogP contribution in [0.1, 0.15) is 52.0 Å². The molecule has 27 heavy (non-hydrogen) atoms. The highest BCUT2D eigenvalue weighted by atomic mass is 32.1. The van der Waals surface area contributed by atoms with Crippen molar-refractivity contribution >= 4 is 38.2 Å². The fraction of sp³-hybridized carbons (Fsp3) is 0.364. The van der Waals surface area contributed by atoms with E-state index in [1.165, 1.54) is 11.3 Å². The standard InChI is InChI=1S/C22H25FN2OS/c1-4-5-6-7-20(26)25-22-24-18-11-10-16(13-19(18)27-22)21-15(3)9-8-14(2)12-17(21)23/h8-14H,4-7H2,1-3H3,(H,24,25,26). The van der Waals surface area contributed by atoms with Crippen molar-refractivity contribution in [2.24, 2.45) is 5.92 Å². The van der Waals surface area contributed by atoms with E-state index in [0.717, 1.165) is 40.6 Å². The van der Waals surface area contributed by atoms with Gasteiger partial charge in [-0.2, -0.15) is 0 Å². The fourth-order valence-corrected chi connectivity index (χ4v) is 4.08. The molecule has 1 amide bonds. The van der Waals surface area contributed by atoms with Crippen molar-refractivity contribution in [3.8, 4) is 0 Å². The van der Waals surface area contributed by atoms with Crippen molar-refractivity contribution in [1.29, 1.82) is 0 Å². The Bertz CT molecular complexity index is 939. The second-order valence-corrected chi connectivity index (χ2v) is 8.03. The number of nitrogens with zero attached hydrogens (tertiary/aromatic N) is 1. The highest BCUT2D eigenvalue weighted by molar-refractivity contribution is 7.22. The summed E-state index contributed by atoms with van der Waals surface area (Å²) in [4.78, 5) is 16.5. The lowest BCUT2D eigenvalue weighted by Crippen LogP contribution is -2.10. The highest BCUT2D eigenvalue weighted by Crippen LogP contribution is 2.35. The summed E-state index contributed by atoms with van der Waals surface area (Å²) in [6.07, 6.45) is 9.16. The van der Waals surface area contributed by atoms with Gasteiger partial charge >= 0.3 is 0 Å². The number of fused-ring (bicyclic) bond motifs is 1. The molecule has 0 fully saturated rings. The number of hydrogen-bond acceptors (Lipinski definition) is 3. The predicted molar refractivity (Wildman–Crippen MR) is 112 cm³/mol. The molecule has 1 atom stereocenters. The maximum Gasteiger partial charge on any atom is 0.226 e. The molecule has 5 heteroatoms. The molecule has 1 N–H and O–H groups in total. The average molecular weight is 385 g/mol. The van der Waals surface area contributed by atoms with E-state index in [1.807, 2.05) is 44.2 Å². The summed E-state index contributed by atoms with van der Waals surface area (Å²) >= 11 is 1.43. The van der Waals surface area contributed by atoms with Gasteiger partial charge in [-0.1, -0.05) is 56.2 Å². The predicted octanol–water partition coefficient (Wildman–Crippen LogP) is 6.65. The Morgan fingerprint density at radius 2 is 2.15 bits per heavy atom. The number of unbranched alkanes of at least 4 members (excludes halogenated alkanes) is 2. The number of anilines is 1. The average Bonchev–Trinajstić information content (AvgIpc) is 2.95. The van der Waals surface area contributed by atoms with Crippen molar-refractivity contribution in [3.63, 3.8) is 0 Å². The Morgan fingerprint density at radius 1 is 1.33 bits per heavy atom. The molecule has 1 aromatic carbocycles. The quantitative estimate of drug-likeness (QED) is 0.567. The Balaban J connectivity index is 1.85. The van der Waals surface area contributed by atoms with E-state index in [9.17, 15) is 9.18 Å². The van der Waals surface area contributed by atoms with Gasteiger partial charge < -0.3 is 5.32 Å². The van der Waals surface area contributed by atoms with Crippen LogP contribution < -0.4 is 5.32 Å². The minimum absolute atomic E-state index is 0.00171. The van der Waals surface area contributed by atoms with Crippen LogP contribution in [-0.2, 0) is 4.79 Å². The molecular weight excluding hydrogens is 359 g/mol. The molecule has 1 aliphatic rings. The number of thiazole rings is 1. The Kier molecular flexibility index (Phi) is 6.22. The van der Waals surface area contributed by atoms with Crippen LogP contribution in [0.25, 0.3) is 15.8 Å². The third-order valence-corrected chi connectivity index (χ3v) is 5.56. The van der Waals surface area contributed by atoms with E-state index in [2.05, 4.69) is 17.2 Å². The number of benzene rings is 1. The van der Waals surface area contributed by atoms with E-state index >= 15 is 0 Å². The van der Waals surface area contributed by atoms with Gasteiger partial charge in [-0.05, 0) is 48.6 Å². The normalized spacial score (nSPS) is 17.2. The third kappa shape index (κ3) is 4.72. The number of rotatable bonds is 6. The Labute approximate surface area is 163 Å². The summed E-state index contributed by atoms with van der Waals surface area (Å²) in [6.45, 7) is 6.01. The van der Waals surface area contributed by atoms with Crippen LogP contribution >= 0.6 is 11.3 Å². The van der Waals surface area contributed by atoms with E-state index in [-0.39, 0.29) is 17.7 Å². The van der Waals surface area contributed by atoms with E-state index in [4.69, 9.17) is 0 Å². The van der Waals surface area contributed by atoms with Crippen LogP contribution in [-0.4, -0.2) is 10.9 Å². The van der Waals surface area contributed by atoms with Gasteiger partial charge in [0.1, 0.15) is 5.83 Å². The first kappa shape index (κ1) is 19.5.